The molecule has 0 atom stereocenters. The van der Waals surface area contributed by atoms with Gasteiger partial charge in [-0.05, 0) is 43.3 Å². The maximum Gasteiger partial charge on any atom is 0.271 e. The van der Waals surface area contributed by atoms with Gasteiger partial charge in [0.05, 0.1) is 4.92 Å². The first-order valence-corrected chi connectivity index (χ1v) is 6.77. The maximum absolute atomic E-state index is 10.7. The lowest BCUT2D eigenvalue weighted by Gasteiger charge is -2.14. The van der Waals surface area contributed by atoms with Crippen LogP contribution < -0.4 is 10.6 Å². The Kier molecular flexibility index (Phi) is 4.49. The molecule has 0 aliphatic rings. The summed E-state index contributed by atoms with van der Waals surface area (Å²) in [4.78, 5) is 10.3. The van der Waals surface area contributed by atoms with Gasteiger partial charge in [0.1, 0.15) is 0 Å². The minimum absolute atomic E-state index is 0.0230. The lowest BCUT2D eigenvalue weighted by molar-refractivity contribution is -0.384. The average molecular weight is 301 g/mol. The molecule has 108 valence electrons. The van der Waals surface area contributed by atoms with E-state index in [0.717, 1.165) is 16.8 Å². The fraction of sp³-hybridized carbons (Fsp3) is 0.133. The zero-order valence-corrected chi connectivity index (χ0v) is 12.5. The summed E-state index contributed by atoms with van der Waals surface area (Å²) in [5.74, 6) is 0. The Morgan fingerprint density at radius 3 is 2.33 bits per heavy atom. The van der Waals surface area contributed by atoms with E-state index in [1.165, 1.54) is 12.1 Å². The number of anilines is 2. The fourth-order valence-corrected chi connectivity index (χ4v) is 2.20. The van der Waals surface area contributed by atoms with Crippen LogP contribution in [0.5, 0.6) is 0 Å². The highest BCUT2D eigenvalue weighted by atomic mass is 32.1. The maximum atomic E-state index is 10.7. The van der Waals surface area contributed by atoms with Gasteiger partial charge in [-0.15, -0.1) is 0 Å². The van der Waals surface area contributed by atoms with Gasteiger partial charge in [-0.1, -0.05) is 24.3 Å². The number of nitrogens with zero attached hydrogens (tertiary/aromatic N) is 1. The van der Waals surface area contributed by atoms with Gasteiger partial charge in [0.25, 0.3) is 5.69 Å². The summed E-state index contributed by atoms with van der Waals surface area (Å²) < 4.78 is 0. The molecule has 0 fully saturated rings. The molecule has 0 saturated carbocycles. The Labute approximate surface area is 128 Å². The number of para-hydroxylation sites is 1. The number of nitro groups is 1. The quantitative estimate of drug-likeness (QED) is 0.509. The van der Waals surface area contributed by atoms with E-state index in [1.807, 2.05) is 32.0 Å². The van der Waals surface area contributed by atoms with E-state index < -0.39 is 4.92 Å². The van der Waals surface area contributed by atoms with Gasteiger partial charge in [-0.2, -0.15) is 0 Å². The van der Waals surface area contributed by atoms with Crippen LogP contribution >= 0.6 is 12.2 Å². The Balaban J connectivity index is 2.12. The molecule has 0 radical (unpaired) electrons. The van der Waals surface area contributed by atoms with Gasteiger partial charge in [0, 0.05) is 23.5 Å². The van der Waals surface area contributed by atoms with Crippen LogP contribution in [0.1, 0.15) is 11.1 Å². The molecule has 2 aromatic rings. The number of benzene rings is 2. The number of aryl methyl sites for hydroxylation is 2. The summed E-state index contributed by atoms with van der Waals surface area (Å²) in [6, 6.07) is 12.2. The van der Waals surface area contributed by atoms with Crippen LogP contribution in [0.2, 0.25) is 0 Å². The van der Waals surface area contributed by atoms with Gasteiger partial charge >= 0.3 is 0 Å². The molecule has 5 nitrogen and oxygen atoms in total. The molecular formula is C15H15N3O2S. The third kappa shape index (κ3) is 3.76. The first-order chi connectivity index (χ1) is 9.97. The van der Waals surface area contributed by atoms with Crippen molar-refractivity contribution in [3.8, 4) is 0 Å². The number of rotatable bonds is 3. The predicted octanol–water partition coefficient (Wildman–Crippen LogP) is 4.02. The van der Waals surface area contributed by atoms with E-state index in [4.69, 9.17) is 12.2 Å². The van der Waals surface area contributed by atoms with Gasteiger partial charge in [-0.3, -0.25) is 10.1 Å². The first-order valence-electron chi connectivity index (χ1n) is 6.36. The van der Waals surface area contributed by atoms with Gasteiger partial charge < -0.3 is 10.6 Å². The summed E-state index contributed by atoms with van der Waals surface area (Å²) in [6.45, 7) is 3.98. The van der Waals surface area contributed by atoms with E-state index in [1.54, 1.807) is 12.1 Å². The molecule has 0 heterocycles. The summed E-state index contributed by atoms with van der Waals surface area (Å²) >= 11 is 5.25. The third-order valence-corrected chi connectivity index (χ3v) is 3.24. The highest BCUT2D eigenvalue weighted by Crippen LogP contribution is 2.21. The zero-order valence-electron chi connectivity index (χ0n) is 11.7. The van der Waals surface area contributed by atoms with Crippen molar-refractivity contribution in [3.63, 3.8) is 0 Å². The van der Waals surface area contributed by atoms with Crippen molar-refractivity contribution in [2.75, 3.05) is 10.6 Å². The second-order valence-electron chi connectivity index (χ2n) is 4.65. The minimum atomic E-state index is -0.437. The number of thiocarbonyl (C=S) groups is 1. The standard InChI is InChI=1S/C15H15N3O2S/c1-10-5-3-6-11(2)14(10)17-15(21)16-12-7-4-8-13(9-12)18(19)20/h3-9H,1-2H3,(H2,16,17,21). The van der Waals surface area contributed by atoms with Crippen LogP contribution in [0.3, 0.4) is 0 Å². The first kappa shape index (κ1) is 14.9. The topological polar surface area (TPSA) is 67.2 Å². The van der Waals surface area contributed by atoms with Crippen LogP contribution in [-0.4, -0.2) is 10.0 Å². The van der Waals surface area contributed by atoms with Crippen molar-refractivity contribution < 1.29 is 4.92 Å². The van der Waals surface area contributed by atoms with Crippen LogP contribution in [0.15, 0.2) is 42.5 Å². The van der Waals surface area contributed by atoms with E-state index in [-0.39, 0.29) is 5.69 Å². The number of hydrogen-bond acceptors (Lipinski definition) is 3. The van der Waals surface area contributed by atoms with Crippen LogP contribution in [0.4, 0.5) is 17.1 Å². The highest BCUT2D eigenvalue weighted by molar-refractivity contribution is 7.80. The Morgan fingerprint density at radius 2 is 1.71 bits per heavy atom. The molecule has 0 aliphatic heterocycles. The average Bonchev–Trinajstić information content (AvgIpc) is 2.43. The Bertz CT molecular complexity index is 681. The number of nitrogens with one attached hydrogen (secondary N) is 2. The molecule has 0 saturated heterocycles. The largest absolute Gasteiger partial charge is 0.332 e. The molecule has 0 aliphatic carbocycles. The normalized spacial score (nSPS) is 10.0. The van der Waals surface area contributed by atoms with Crippen molar-refractivity contribution in [2.24, 2.45) is 0 Å². The minimum Gasteiger partial charge on any atom is -0.332 e. The molecule has 0 spiro atoms. The second-order valence-corrected chi connectivity index (χ2v) is 5.06. The zero-order chi connectivity index (χ0) is 15.4. The van der Waals surface area contributed by atoms with Crippen molar-refractivity contribution >= 4 is 34.4 Å². The second kappa shape index (κ2) is 6.32. The molecule has 2 N–H and O–H groups in total. The van der Waals surface area contributed by atoms with Crippen molar-refractivity contribution in [3.05, 3.63) is 63.7 Å². The summed E-state index contributed by atoms with van der Waals surface area (Å²) in [7, 11) is 0. The molecular weight excluding hydrogens is 286 g/mol. The summed E-state index contributed by atoms with van der Waals surface area (Å²) in [6.07, 6.45) is 0. The van der Waals surface area contributed by atoms with Gasteiger partial charge in [0.2, 0.25) is 0 Å². The number of nitro benzene ring substituents is 1. The molecule has 2 rings (SSSR count). The van der Waals surface area contributed by atoms with Crippen molar-refractivity contribution in [1.82, 2.24) is 0 Å². The summed E-state index contributed by atoms with van der Waals surface area (Å²) in [5, 5.41) is 17.2. The summed E-state index contributed by atoms with van der Waals surface area (Å²) in [5.41, 5.74) is 3.71. The molecule has 0 aromatic heterocycles. The van der Waals surface area contributed by atoms with Crippen LogP contribution in [-0.2, 0) is 0 Å². The van der Waals surface area contributed by atoms with Crippen molar-refractivity contribution in [1.29, 1.82) is 0 Å². The lowest BCUT2D eigenvalue weighted by atomic mass is 10.1. The van der Waals surface area contributed by atoms with E-state index >= 15 is 0 Å². The number of hydrogen-bond donors (Lipinski definition) is 2. The fourth-order valence-electron chi connectivity index (χ4n) is 1.98. The SMILES string of the molecule is Cc1cccc(C)c1NC(=S)Nc1cccc([N+](=O)[O-])c1. The van der Waals surface area contributed by atoms with E-state index in [2.05, 4.69) is 10.6 Å². The highest BCUT2D eigenvalue weighted by Gasteiger charge is 2.08. The van der Waals surface area contributed by atoms with E-state index in [0.29, 0.717) is 10.8 Å². The van der Waals surface area contributed by atoms with Gasteiger partial charge in [-0.25, -0.2) is 0 Å². The van der Waals surface area contributed by atoms with E-state index in [9.17, 15) is 10.1 Å². The monoisotopic (exact) mass is 301 g/mol. The third-order valence-electron chi connectivity index (χ3n) is 3.03. The van der Waals surface area contributed by atoms with Crippen molar-refractivity contribution in [2.45, 2.75) is 13.8 Å². The molecule has 0 amide bonds. The molecule has 6 heteroatoms. The lowest BCUT2D eigenvalue weighted by Crippen LogP contribution is -2.20. The Hall–Kier alpha value is -2.47. The molecule has 21 heavy (non-hydrogen) atoms. The smallest absolute Gasteiger partial charge is 0.271 e. The van der Waals surface area contributed by atoms with Gasteiger partial charge in [0.15, 0.2) is 5.11 Å². The molecule has 0 bridgehead atoms. The Morgan fingerprint density at radius 1 is 1.10 bits per heavy atom. The van der Waals surface area contributed by atoms with Crippen LogP contribution in [0.25, 0.3) is 0 Å². The van der Waals surface area contributed by atoms with Crippen LogP contribution in [0, 0.1) is 24.0 Å². The predicted molar refractivity (Wildman–Crippen MR) is 88.9 cm³/mol. The molecule has 0 unspecified atom stereocenters. The number of non-ortho nitro benzene ring substituents is 1. The molecule has 2 aromatic carbocycles.